The van der Waals surface area contributed by atoms with Crippen molar-refractivity contribution in [1.29, 1.82) is 0 Å². The number of halogens is 3. The molecule has 2 aromatic rings. The molecule has 156 valence electrons. The molecular formula is C20H22F3N3O2S. The van der Waals surface area contributed by atoms with Crippen LogP contribution in [0.4, 0.5) is 18.0 Å². The van der Waals surface area contributed by atoms with E-state index >= 15 is 0 Å². The topological polar surface area (TPSA) is 61.4 Å². The molecule has 1 aliphatic rings. The van der Waals surface area contributed by atoms with Crippen molar-refractivity contribution >= 4 is 23.3 Å². The van der Waals surface area contributed by atoms with Crippen molar-refractivity contribution in [2.75, 3.05) is 6.54 Å². The molecule has 0 radical (unpaired) electrons. The van der Waals surface area contributed by atoms with Gasteiger partial charge in [0.05, 0.1) is 18.7 Å². The van der Waals surface area contributed by atoms with Gasteiger partial charge in [0.15, 0.2) is 0 Å². The minimum Gasteiger partial charge on any atom is -0.333 e. The second-order valence-electron chi connectivity index (χ2n) is 7.01. The molecule has 1 aromatic carbocycles. The molecule has 0 bridgehead atoms. The monoisotopic (exact) mass is 425 g/mol. The second-order valence-corrected chi connectivity index (χ2v) is 8.05. The van der Waals surface area contributed by atoms with Crippen molar-refractivity contribution in [1.82, 2.24) is 15.5 Å². The molecule has 5 nitrogen and oxygen atoms in total. The first-order chi connectivity index (χ1) is 13.7. The zero-order valence-electron chi connectivity index (χ0n) is 15.8. The third-order valence-electron chi connectivity index (χ3n) is 4.79. The molecule has 29 heavy (non-hydrogen) atoms. The Bertz CT molecular complexity index is 851. The molecule has 0 saturated heterocycles. The van der Waals surface area contributed by atoms with Gasteiger partial charge in [0.25, 0.3) is 0 Å². The highest BCUT2D eigenvalue weighted by Crippen LogP contribution is 2.36. The fourth-order valence-corrected chi connectivity index (χ4v) is 3.76. The van der Waals surface area contributed by atoms with Crippen LogP contribution in [0.5, 0.6) is 0 Å². The zero-order valence-corrected chi connectivity index (χ0v) is 16.6. The van der Waals surface area contributed by atoms with E-state index in [1.165, 1.54) is 17.4 Å². The summed E-state index contributed by atoms with van der Waals surface area (Å²) in [5.41, 5.74) is -0.225. The van der Waals surface area contributed by atoms with E-state index in [9.17, 15) is 22.8 Å². The van der Waals surface area contributed by atoms with Crippen molar-refractivity contribution in [3.63, 3.8) is 0 Å². The number of benzene rings is 1. The highest BCUT2D eigenvalue weighted by atomic mass is 32.1. The lowest BCUT2D eigenvalue weighted by Gasteiger charge is -2.29. The number of thiophene rings is 1. The van der Waals surface area contributed by atoms with Gasteiger partial charge in [0.2, 0.25) is 5.91 Å². The van der Waals surface area contributed by atoms with Gasteiger partial charge in [0.1, 0.15) is 0 Å². The van der Waals surface area contributed by atoms with Gasteiger partial charge >= 0.3 is 12.2 Å². The quantitative estimate of drug-likeness (QED) is 0.695. The fraction of sp³-hybridized carbons (Fsp3) is 0.400. The Labute approximate surface area is 170 Å². The first-order valence-electron chi connectivity index (χ1n) is 9.27. The molecule has 1 fully saturated rings. The Hall–Kier alpha value is -2.39. The van der Waals surface area contributed by atoms with Crippen LogP contribution in [0.1, 0.15) is 41.8 Å². The van der Waals surface area contributed by atoms with Gasteiger partial charge in [-0.1, -0.05) is 18.2 Å². The molecular weight excluding hydrogens is 403 g/mol. The standard InChI is InChI=1S/C20H22F3N3O2S/c1-13(14-4-2-5-15(10-14)20(21,22)23)26(16-7-8-16)12-18(27)25-19(28)24-11-17-6-3-9-29-17/h2-6,9-10,13,16H,7-8,11-12H2,1H3,(H2,24,25,27,28). The lowest BCUT2D eigenvalue weighted by atomic mass is 10.0. The van der Waals surface area contributed by atoms with Crippen LogP contribution < -0.4 is 10.6 Å². The molecule has 0 spiro atoms. The largest absolute Gasteiger partial charge is 0.416 e. The van der Waals surface area contributed by atoms with Crippen LogP contribution in [0.25, 0.3) is 0 Å². The Balaban J connectivity index is 1.59. The number of imide groups is 1. The molecule has 1 atom stereocenters. The molecule has 1 aliphatic carbocycles. The molecule has 3 rings (SSSR count). The molecule has 2 N–H and O–H groups in total. The van der Waals surface area contributed by atoms with Crippen LogP contribution in [0, 0.1) is 0 Å². The molecule has 1 saturated carbocycles. The Morgan fingerprint density at radius 3 is 2.62 bits per heavy atom. The number of nitrogens with zero attached hydrogens (tertiary/aromatic N) is 1. The number of amides is 3. The Morgan fingerprint density at radius 1 is 1.24 bits per heavy atom. The van der Waals surface area contributed by atoms with Crippen molar-refractivity contribution in [2.24, 2.45) is 0 Å². The molecule has 1 unspecified atom stereocenters. The lowest BCUT2D eigenvalue weighted by molar-refractivity contribution is -0.137. The Morgan fingerprint density at radius 2 is 2.00 bits per heavy atom. The summed E-state index contributed by atoms with van der Waals surface area (Å²) in [6.07, 6.45) is -2.67. The highest BCUT2D eigenvalue weighted by molar-refractivity contribution is 7.09. The molecule has 1 heterocycles. The van der Waals surface area contributed by atoms with E-state index in [0.29, 0.717) is 12.1 Å². The van der Waals surface area contributed by atoms with Crippen LogP contribution in [-0.2, 0) is 17.5 Å². The molecule has 0 aliphatic heterocycles. The first kappa shape index (κ1) is 21.3. The number of hydrogen-bond donors (Lipinski definition) is 2. The Kier molecular flexibility index (Phi) is 6.59. The number of carbonyl (C=O) groups is 2. The number of nitrogens with one attached hydrogen (secondary N) is 2. The third-order valence-corrected chi connectivity index (χ3v) is 5.67. The van der Waals surface area contributed by atoms with E-state index in [1.807, 2.05) is 22.4 Å². The van der Waals surface area contributed by atoms with E-state index in [0.717, 1.165) is 29.9 Å². The summed E-state index contributed by atoms with van der Waals surface area (Å²) in [4.78, 5) is 27.1. The second kappa shape index (κ2) is 8.96. The first-order valence-corrected chi connectivity index (χ1v) is 10.1. The van der Waals surface area contributed by atoms with Crippen LogP contribution in [-0.4, -0.2) is 29.4 Å². The molecule has 1 aromatic heterocycles. The number of hydrogen-bond acceptors (Lipinski definition) is 4. The van der Waals surface area contributed by atoms with Crippen LogP contribution >= 0.6 is 11.3 Å². The maximum Gasteiger partial charge on any atom is 0.416 e. The maximum atomic E-state index is 13.0. The van der Waals surface area contributed by atoms with Gasteiger partial charge < -0.3 is 5.32 Å². The summed E-state index contributed by atoms with van der Waals surface area (Å²) in [7, 11) is 0. The normalized spacial score (nSPS) is 15.2. The van der Waals surface area contributed by atoms with Gasteiger partial charge in [0, 0.05) is 17.0 Å². The average Bonchev–Trinajstić information content (AvgIpc) is 3.38. The number of rotatable bonds is 7. The van der Waals surface area contributed by atoms with Gasteiger partial charge in [-0.2, -0.15) is 13.2 Å². The van der Waals surface area contributed by atoms with Crippen LogP contribution in [0.2, 0.25) is 0 Å². The van der Waals surface area contributed by atoms with Gasteiger partial charge in [-0.15, -0.1) is 11.3 Å². The van der Waals surface area contributed by atoms with Crippen molar-refractivity contribution in [2.45, 2.75) is 44.6 Å². The number of alkyl halides is 3. The summed E-state index contributed by atoms with van der Waals surface area (Å²) in [6.45, 7) is 2.04. The number of urea groups is 1. The maximum absolute atomic E-state index is 13.0. The number of carbonyl (C=O) groups excluding carboxylic acids is 2. The van der Waals surface area contributed by atoms with Crippen LogP contribution in [0.3, 0.4) is 0 Å². The summed E-state index contributed by atoms with van der Waals surface area (Å²) in [5.74, 6) is -0.487. The van der Waals surface area contributed by atoms with E-state index in [2.05, 4.69) is 10.6 Å². The SMILES string of the molecule is CC(c1cccc(C(F)(F)F)c1)N(CC(=O)NC(=O)NCc1cccs1)C1CC1. The lowest BCUT2D eigenvalue weighted by Crippen LogP contribution is -2.45. The smallest absolute Gasteiger partial charge is 0.333 e. The predicted octanol–water partition coefficient (Wildman–Crippen LogP) is 4.32. The van der Waals surface area contributed by atoms with Gasteiger partial charge in [-0.3, -0.25) is 15.0 Å². The minimum absolute atomic E-state index is 0.0610. The fourth-order valence-electron chi connectivity index (χ4n) is 3.11. The minimum atomic E-state index is -4.42. The van der Waals surface area contributed by atoms with E-state index in [-0.39, 0.29) is 18.6 Å². The van der Waals surface area contributed by atoms with Gasteiger partial charge in [-0.25, -0.2) is 4.79 Å². The molecule has 9 heteroatoms. The van der Waals surface area contributed by atoms with E-state index < -0.39 is 23.7 Å². The zero-order chi connectivity index (χ0) is 21.0. The van der Waals surface area contributed by atoms with Crippen molar-refractivity contribution in [3.8, 4) is 0 Å². The predicted molar refractivity (Wildman–Crippen MR) is 104 cm³/mol. The van der Waals surface area contributed by atoms with E-state index in [4.69, 9.17) is 0 Å². The van der Waals surface area contributed by atoms with E-state index in [1.54, 1.807) is 13.0 Å². The van der Waals surface area contributed by atoms with Crippen molar-refractivity contribution < 1.29 is 22.8 Å². The highest BCUT2D eigenvalue weighted by Gasteiger charge is 2.36. The summed E-state index contributed by atoms with van der Waals surface area (Å²) >= 11 is 1.50. The average molecular weight is 425 g/mol. The third kappa shape index (κ3) is 6.04. The van der Waals surface area contributed by atoms with Crippen molar-refractivity contribution in [3.05, 3.63) is 57.8 Å². The van der Waals surface area contributed by atoms with Gasteiger partial charge in [-0.05, 0) is 48.9 Å². The molecule has 3 amide bonds. The summed E-state index contributed by atoms with van der Waals surface area (Å²) < 4.78 is 39.0. The summed E-state index contributed by atoms with van der Waals surface area (Å²) in [6, 6.07) is 8.04. The van der Waals surface area contributed by atoms with Crippen LogP contribution in [0.15, 0.2) is 41.8 Å². The summed E-state index contributed by atoms with van der Waals surface area (Å²) in [5, 5.41) is 6.80.